The Labute approximate surface area is 230 Å². The molecular formula is C26H23F6N3O5S. The van der Waals surface area contributed by atoms with Crippen LogP contribution in [0.2, 0.25) is 0 Å². The summed E-state index contributed by atoms with van der Waals surface area (Å²) in [5, 5.41) is 14.3. The maximum atomic E-state index is 13.2. The van der Waals surface area contributed by atoms with Crippen LogP contribution in [0.1, 0.15) is 29.8 Å². The molecule has 2 amide bonds. The van der Waals surface area contributed by atoms with E-state index < -0.39 is 51.2 Å². The fourth-order valence-electron chi connectivity index (χ4n) is 3.71. The molecule has 0 saturated carbocycles. The van der Waals surface area contributed by atoms with E-state index in [9.17, 15) is 49.5 Å². The number of amides is 2. The smallest absolute Gasteiger partial charge is 0.369 e. The minimum absolute atomic E-state index is 0.0416. The van der Waals surface area contributed by atoms with E-state index in [1.807, 2.05) is 0 Å². The van der Waals surface area contributed by atoms with Crippen molar-refractivity contribution in [1.82, 2.24) is 10.3 Å². The van der Waals surface area contributed by atoms with Crippen LogP contribution in [0.5, 0.6) is 0 Å². The molecular weight excluding hydrogens is 580 g/mol. The van der Waals surface area contributed by atoms with Gasteiger partial charge < -0.3 is 15.7 Å². The number of anilines is 1. The maximum Gasteiger partial charge on any atom is 0.430 e. The van der Waals surface area contributed by atoms with Crippen molar-refractivity contribution in [3.63, 3.8) is 0 Å². The van der Waals surface area contributed by atoms with Crippen molar-refractivity contribution in [3.8, 4) is 0 Å². The van der Waals surface area contributed by atoms with E-state index in [2.05, 4.69) is 15.6 Å². The summed E-state index contributed by atoms with van der Waals surface area (Å²) in [6.07, 6.45) is -11.0. The first-order valence-electron chi connectivity index (χ1n) is 11.8. The lowest BCUT2D eigenvalue weighted by Crippen LogP contribution is -2.53. The van der Waals surface area contributed by atoms with Crippen LogP contribution in [-0.2, 0) is 31.4 Å². The van der Waals surface area contributed by atoms with E-state index in [4.69, 9.17) is 0 Å². The van der Waals surface area contributed by atoms with Crippen LogP contribution in [0, 0.1) is 0 Å². The van der Waals surface area contributed by atoms with Crippen molar-refractivity contribution >= 4 is 27.3 Å². The lowest BCUT2D eigenvalue weighted by molar-refractivity contribution is -0.376. The maximum absolute atomic E-state index is 13.2. The summed E-state index contributed by atoms with van der Waals surface area (Å²) < 4.78 is 103. The molecule has 1 heterocycles. The van der Waals surface area contributed by atoms with Crippen LogP contribution in [-0.4, -0.2) is 48.4 Å². The van der Waals surface area contributed by atoms with Crippen molar-refractivity contribution in [1.29, 1.82) is 0 Å². The number of carbonyl (C=O) groups excluding carboxylic acids is 2. The molecule has 0 radical (unpaired) electrons. The van der Waals surface area contributed by atoms with E-state index in [1.165, 1.54) is 37.4 Å². The molecule has 0 bridgehead atoms. The molecule has 220 valence electrons. The van der Waals surface area contributed by atoms with E-state index in [0.717, 1.165) is 12.1 Å². The molecule has 0 spiro atoms. The molecule has 1 unspecified atom stereocenters. The molecule has 3 rings (SSSR count). The van der Waals surface area contributed by atoms with Crippen LogP contribution >= 0.6 is 0 Å². The third kappa shape index (κ3) is 7.03. The minimum Gasteiger partial charge on any atom is -0.369 e. The number of benzene rings is 2. The summed E-state index contributed by atoms with van der Waals surface area (Å²) in [7, 11) is -3.59. The van der Waals surface area contributed by atoms with Gasteiger partial charge in [-0.3, -0.25) is 14.6 Å². The minimum atomic E-state index is -6.09. The number of hydrogen-bond donors (Lipinski definition) is 3. The van der Waals surface area contributed by atoms with Crippen molar-refractivity contribution in [3.05, 3.63) is 89.7 Å². The van der Waals surface area contributed by atoms with Crippen molar-refractivity contribution in [2.75, 3.05) is 11.1 Å². The second kappa shape index (κ2) is 11.9. The standard InChI is InChI=1S/C26H23F6N3O5S/c1-2-41(39,40)20-12-6-16(7-13-20)22(35-21(36)15-19-5-3-4-14-33-19)23(37)34-18-10-8-17(9-11-18)24(38,25(27,28)29)26(30,31)32/h3-14,22,38H,2,15H2,1H3,(H,34,37)(H,35,36). The highest BCUT2D eigenvalue weighted by Gasteiger charge is 2.71. The van der Waals surface area contributed by atoms with Gasteiger partial charge in [0.2, 0.25) is 5.91 Å². The summed E-state index contributed by atoms with van der Waals surface area (Å²) in [6, 6.07) is 10.5. The summed E-state index contributed by atoms with van der Waals surface area (Å²) in [5.74, 6) is -1.80. The quantitative estimate of drug-likeness (QED) is 0.315. The van der Waals surface area contributed by atoms with Gasteiger partial charge in [0.1, 0.15) is 6.04 Å². The van der Waals surface area contributed by atoms with Crippen molar-refractivity contribution < 1.29 is 49.5 Å². The molecule has 0 aliphatic rings. The number of carbonyl (C=O) groups is 2. The predicted molar refractivity (Wildman–Crippen MR) is 134 cm³/mol. The fraction of sp³-hybridized carbons (Fsp3) is 0.269. The third-order valence-corrected chi connectivity index (χ3v) is 7.73. The van der Waals surface area contributed by atoms with Crippen LogP contribution in [0.4, 0.5) is 32.0 Å². The van der Waals surface area contributed by atoms with Gasteiger partial charge in [-0.05, 0) is 42.0 Å². The predicted octanol–water partition coefficient (Wildman–Crippen LogP) is 4.23. The molecule has 0 aliphatic carbocycles. The summed E-state index contributed by atoms with van der Waals surface area (Å²) in [4.78, 5) is 29.8. The van der Waals surface area contributed by atoms with Gasteiger partial charge in [-0.15, -0.1) is 0 Å². The molecule has 0 saturated heterocycles. The summed E-state index contributed by atoms with van der Waals surface area (Å²) >= 11 is 0. The molecule has 15 heteroatoms. The SMILES string of the molecule is CCS(=O)(=O)c1ccc(C(NC(=O)Cc2ccccn2)C(=O)Nc2ccc(C(O)(C(F)(F)F)C(F)(F)F)cc2)cc1. The average molecular weight is 604 g/mol. The summed E-state index contributed by atoms with van der Waals surface area (Å²) in [5.41, 5.74) is -6.42. The molecule has 3 aromatic rings. The highest BCUT2D eigenvalue weighted by molar-refractivity contribution is 7.91. The third-order valence-electron chi connectivity index (χ3n) is 5.98. The molecule has 0 fully saturated rings. The normalized spacial score (nSPS) is 13.4. The molecule has 3 N–H and O–H groups in total. The molecule has 1 atom stereocenters. The fourth-order valence-corrected chi connectivity index (χ4v) is 4.60. The number of sulfone groups is 1. The second-order valence-electron chi connectivity index (χ2n) is 8.74. The van der Waals surface area contributed by atoms with Gasteiger partial charge in [0, 0.05) is 23.1 Å². The number of aliphatic hydroxyl groups is 1. The number of halogens is 6. The first kappa shape index (κ1) is 31.5. The zero-order chi connectivity index (χ0) is 30.6. The Balaban J connectivity index is 1.90. The van der Waals surface area contributed by atoms with E-state index in [1.54, 1.807) is 18.2 Å². The summed E-state index contributed by atoms with van der Waals surface area (Å²) in [6.45, 7) is 1.44. The van der Waals surface area contributed by atoms with Crippen molar-refractivity contribution in [2.24, 2.45) is 0 Å². The van der Waals surface area contributed by atoms with E-state index in [0.29, 0.717) is 17.8 Å². The zero-order valence-corrected chi connectivity index (χ0v) is 21.9. The van der Waals surface area contributed by atoms with Crippen LogP contribution in [0.25, 0.3) is 0 Å². The zero-order valence-electron chi connectivity index (χ0n) is 21.1. The largest absolute Gasteiger partial charge is 0.430 e. The Morgan fingerprint density at radius 1 is 0.902 bits per heavy atom. The molecule has 0 aliphatic heterocycles. The van der Waals surface area contributed by atoms with Gasteiger partial charge in [-0.25, -0.2) is 8.42 Å². The lowest BCUT2D eigenvalue weighted by Gasteiger charge is -2.32. The highest BCUT2D eigenvalue weighted by Crippen LogP contribution is 2.50. The second-order valence-corrected chi connectivity index (χ2v) is 11.0. The Morgan fingerprint density at radius 2 is 1.49 bits per heavy atom. The van der Waals surface area contributed by atoms with Crippen LogP contribution < -0.4 is 10.6 Å². The van der Waals surface area contributed by atoms with Gasteiger partial charge in [0.15, 0.2) is 9.84 Å². The molecule has 2 aromatic carbocycles. The highest BCUT2D eigenvalue weighted by atomic mass is 32.2. The number of hydrogen-bond acceptors (Lipinski definition) is 6. The topological polar surface area (TPSA) is 125 Å². The Bertz CT molecular complexity index is 1460. The Morgan fingerprint density at radius 3 is 1.98 bits per heavy atom. The van der Waals surface area contributed by atoms with Crippen LogP contribution in [0.3, 0.4) is 0 Å². The number of rotatable bonds is 9. The number of nitrogens with one attached hydrogen (secondary N) is 2. The van der Waals surface area contributed by atoms with Gasteiger partial charge in [0.05, 0.1) is 17.1 Å². The Kier molecular flexibility index (Phi) is 9.13. The first-order valence-corrected chi connectivity index (χ1v) is 13.4. The Hall–Kier alpha value is -3.98. The van der Waals surface area contributed by atoms with Crippen molar-refractivity contribution in [2.45, 2.75) is 42.2 Å². The number of pyridine rings is 1. The van der Waals surface area contributed by atoms with Gasteiger partial charge >= 0.3 is 12.4 Å². The molecule has 41 heavy (non-hydrogen) atoms. The monoisotopic (exact) mass is 603 g/mol. The number of alkyl halides is 6. The molecule has 1 aromatic heterocycles. The van der Waals surface area contributed by atoms with E-state index >= 15 is 0 Å². The van der Waals surface area contributed by atoms with E-state index in [-0.39, 0.29) is 28.3 Å². The average Bonchev–Trinajstić information content (AvgIpc) is 2.91. The van der Waals surface area contributed by atoms with Gasteiger partial charge in [-0.1, -0.05) is 37.3 Å². The van der Waals surface area contributed by atoms with Gasteiger partial charge in [-0.2, -0.15) is 26.3 Å². The number of aromatic nitrogens is 1. The van der Waals surface area contributed by atoms with Gasteiger partial charge in [0.25, 0.3) is 11.5 Å². The number of nitrogens with zero attached hydrogens (tertiary/aromatic N) is 1. The van der Waals surface area contributed by atoms with Crippen LogP contribution in [0.15, 0.2) is 77.8 Å². The molecule has 8 nitrogen and oxygen atoms in total. The lowest BCUT2D eigenvalue weighted by atomic mass is 9.92. The first-order chi connectivity index (χ1) is 19.0.